The van der Waals surface area contributed by atoms with Crippen LogP contribution in [0.3, 0.4) is 0 Å². The van der Waals surface area contributed by atoms with Crippen molar-refractivity contribution in [3.63, 3.8) is 0 Å². The third-order valence-electron chi connectivity index (χ3n) is 2.87. The van der Waals surface area contributed by atoms with Gasteiger partial charge in [-0.1, -0.05) is 12.1 Å². The second kappa shape index (κ2) is 4.95. The van der Waals surface area contributed by atoms with Crippen molar-refractivity contribution in [3.05, 3.63) is 24.3 Å². The first-order chi connectivity index (χ1) is 8.58. The molecule has 96 valence electrons. The predicted molar refractivity (Wildman–Crippen MR) is 69.1 cm³/mol. The zero-order valence-corrected chi connectivity index (χ0v) is 10.2. The molecule has 0 saturated carbocycles. The average molecular weight is 248 g/mol. The first kappa shape index (κ1) is 12.2. The summed E-state index contributed by atoms with van der Waals surface area (Å²) in [6.07, 6.45) is 0. The van der Waals surface area contributed by atoms with Gasteiger partial charge in [0.15, 0.2) is 0 Å². The number of likely N-dealkylation sites (N-methyl/N-ethyl adjacent to an activating group) is 1. The second-order valence-electron chi connectivity index (χ2n) is 4.26. The second-order valence-corrected chi connectivity index (χ2v) is 4.26. The maximum Gasteiger partial charge on any atom is 0.320 e. The topological polar surface area (TPSA) is 78.7 Å². The number of hydrogen-bond donors (Lipinski definition) is 2. The number of carbonyl (C=O) groups excluding carboxylic acids is 2. The van der Waals surface area contributed by atoms with Gasteiger partial charge >= 0.3 is 6.03 Å². The van der Waals surface area contributed by atoms with Gasteiger partial charge in [-0.25, -0.2) is 4.79 Å². The van der Waals surface area contributed by atoms with E-state index in [0.717, 1.165) is 0 Å². The van der Waals surface area contributed by atoms with Crippen molar-refractivity contribution < 1.29 is 9.59 Å². The molecule has 1 saturated heterocycles. The van der Waals surface area contributed by atoms with Crippen molar-refractivity contribution in [1.29, 1.82) is 0 Å². The highest BCUT2D eigenvalue weighted by Crippen LogP contribution is 2.16. The highest BCUT2D eigenvalue weighted by atomic mass is 16.2. The lowest BCUT2D eigenvalue weighted by Crippen LogP contribution is -2.36. The van der Waals surface area contributed by atoms with Crippen LogP contribution in [0.25, 0.3) is 0 Å². The molecule has 0 radical (unpaired) electrons. The van der Waals surface area contributed by atoms with Gasteiger partial charge < -0.3 is 20.9 Å². The minimum Gasteiger partial charge on any atom is -0.397 e. The monoisotopic (exact) mass is 248 g/mol. The Labute approximate surface area is 105 Å². The molecule has 1 fully saturated rings. The van der Waals surface area contributed by atoms with Crippen LogP contribution in [0.15, 0.2) is 24.3 Å². The zero-order chi connectivity index (χ0) is 13.1. The number of nitrogens with two attached hydrogens (primary N) is 1. The summed E-state index contributed by atoms with van der Waals surface area (Å²) in [5.74, 6) is -0.239. The smallest absolute Gasteiger partial charge is 0.320 e. The maximum atomic E-state index is 11.8. The summed E-state index contributed by atoms with van der Waals surface area (Å²) in [5.41, 5.74) is 6.80. The van der Waals surface area contributed by atoms with E-state index in [1.54, 1.807) is 36.2 Å². The SMILES string of the molecule is CN1CCN(CC(=O)Nc2ccccc2N)C1=O. The number of benzene rings is 1. The first-order valence-corrected chi connectivity index (χ1v) is 5.72. The number of nitrogens with zero attached hydrogens (tertiary/aromatic N) is 2. The van der Waals surface area contributed by atoms with Gasteiger partial charge in [0, 0.05) is 20.1 Å². The number of para-hydroxylation sites is 2. The number of nitrogen functional groups attached to an aromatic ring is 1. The Balaban J connectivity index is 1.94. The number of nitrogens with one attached hydrogen (secondary N) is 1. The van der Waals surface area contributed by atoms with Gasteiger partial charge in [0.25, 0.3) is 0 Å². The molecule has 6 heteroatoms. The third-order valence-corrected chi connectivity index (χ3v) is 2.87. The molecule has 18 heavy (non-hydrogen) atoms. The van der Waals surface area contributed by atoms with Crippen LogP contribution in [-0.4, -0.2) is 48.4 Å². The van der Waals surface area contributed by atoms with Crippen LogP contribution in [0.2, 0.25) is 0 Å². The molecule has 1 aromatic carbocycles. The zero-order valence-electron chi connectivity index (χ0n) is 10.2. The molecule has 0 aromatic heterocycles. The van der Waals surface area contributed by atoms with Gasteiger partial charge in [0.05, 0.1) is 11.4 Å². The van der Waals surface area contributed by atoms with Gasteiger partial charge in [-0.3, -0.25) is 4.79 Å². The minimum atomic E-state index is -0.239. The van der Waals surface area contributed by atoms with Gasteiger partial charge in [-0.05, 0) is 12.1 Å². The van der Waals surface area contributed by atoms with Crippen LogP contribution in [0.5, 0.6) is 0 Å². The van der Waals surface area contributed by atoms with Crippen LogP contribution >= 0.6 is 0 Å². The van der Waals surface area contributed by atoms with E-state index in [4.69, 9.17) is 5.73 Å². The van der Waals surface area contributed by atoms with E-state index in [2.05, 4.69) is 5.32 Å². The summed E-state index contributed by atoms with van der Waals surface area (Å²) < 4.78 is 0. The standard InChI is InChI=1S/C12H16N4O2/c1-15-6-7-16(12(15)18)8-11(17)14-10-5-3-2-4-9(10)13/h2-5H,6-8,13H2,1H3,(H,14,17). The van der Waals surface area contributed by atoms with Crippen LogP contribution in [0.1, 0.15) is 0 Å². The summed E-state index contributed by atoms with van der Waals surface area (Å²) in [7, 11) is 1.72. The fourth-order valence-electron chi connectivity index (χ4n) is 1.82. The maximum absolute atomic E-state index is 11.8. The van der Waals surface area contributed by atoms with Crippen LogP contribution in [0.4, 0.5) is 16.2 Å². The number of carbonyl (C=O) groups is 2. The molecule has 0 spiro atoms. The Morgan fingerprint density at radius 2 is 2.11 bits per heavy atom. The van der Waals surface area contributed by atoms with Crippen LogP contribution < -0.4 is 11.1 Å². The van der Waals surface area contributed by atoms with E-state index in [9.17, 15) is 9.59 Å². The Morgan fingerprint density at radius 3 is 2.72 bits per heavy atom. The Hall–Kier alpha value is -2.24. The summed E-state index contributed by atoms with van der Waals surface area (Å²) in [6.45, 7) is 1.28. The fraction of sp³-hybridized carbons (Fsp3) is 0.333. The fourth-order valence-corrected chi connectivity index (χ4v) is 1.82. The predicted octanol–water partition coefficient (Wildman–Crippen LogP) is 0.575. The van der Waals surface area contributed by atoms with E-state index in [-0.39, 0.29) is 18.5 Å². The first-order valence-electron chi connectivity index (χ1n) is 5.72. The Kier molecular flexibility index (Phi) is 3.36. The molecule has 0 bridgehead atoms. The van der Waals surface area contributed by atoms with Crippen molar-refractivity contribution in [2.45, 2.75) is 0 Å². The van der Waals surface area contributed by atoms with E-state index >= 15 is 0 Å². The largest absolute Gasteiger partial charge is 0.397 e. The normalized spacial score (nSPS) is 15.1. The van der Waals surface area contributed by atoms with E-state index in [1.807, 2.05) is 0 Å². The molecule has 0 unspecified atom stereocenters. The summed E-state index contributed by atoms with van der Waals surface area (Å²) in [6, 6.07) is 6.91. The van der Waals surface area contributed by atoms with E-state index < -0.39 is 0 Å². The lowest BCUT2D eigenvalue weighted by Gasteiger charge is -2.15. The number of urea groups is 1. The molecule has 1 aliphatic heterocycles. The number of hydrogen-bond acceptors (Lipinski definition) is 3. The van der Waals surface area contributed by atoms with Gasteiger partial charge in [-0.2, -0.15) is 0 Å². The quantitative estimate of drug-likeness (QED) is 0.768. The highest BCUT2D eigenvalue weighted by Gasteiger charge is 2.26. The average Bonchev–Trinajstić information content (AvgIpc) is 2.64. The third kappa shape index (κ3) is 2.53. The number of anilines is 2. The lowest BCUT2D eigenvalue weighted by atomic mass is 10.2. The van der Waals surface area contributed by atoms with Crippen molar-refractivity contribution in [1.82, 2.24) is 9.80 Å². The number of amides is 3. The molecule has 1 aliphatic rings. The molecule has 0 atom stereocenters. The van der Waals surface area contributed by atoms with Gasteiger partial charge in [-0.15, -0.1) is 0 Å². The summed E-state index contributed by atoms with van der Waals surface area (Å²) >= 11 is 0. The van der Waals surface area contributed by atoms with Crippen LogP contribution in [0, 0.1) is 0 Å². The minimum absolute atomic E-state index is 0.0531. The van der Waals surface area contributed by atoms with E-state index in [1.165, 1.54) is 4.90 Å². The molecule has 2 rings (SSSR count). The molecule has 0 aliphatic carbocycles. The van der Waals surface area contributed by atoms with Crippen molar-refractivity contribution in [3.8, 4) is 0 Å². The highest BCUT2D eigenvalue weighted by molar-refractivity contribution is 5.96. The van der Waals surface area contributed by atoms with Crippen molar-refractivity contribution in [2.24, 2.45) is 0 Å². The molecule has 6 nitrogen and oxygen atoms in total. The molecule has 1 heterocycles. The lowest BCUT2D eigenvalue weighted by molar-refractivity contribution is -0.116. The Bertz CT molecular complexity index is 475. The number of rotatable bonds is 3. The van der Waals surface area contributed by atoms with Crippen molar-refractivity contribution >= 4 is 23.3 Å². The van der Waals surface area contributed by atoms with Gasteiger partial charge in [0.2, 0.25) is 5.91 Å². The molecule has 3 amide bonds. The van der Waals surface area contributed by atoms with Crippen LogP contribution in [-0.2, 0) is 4.79 Å². The summed E-state index contributed by atoms with van der Waals surface area (Å²) in [4.78, 5) is 26.5. The molecular formula is C12H16N4O2. The molecule has 3 N–H and O–H groups in total. The van der Waals surface area contributed by atoms with Gasteiger partial charge in [0.1, 0.15) is 6.54 Å². The molecule has 1 aromatic rings. The summed E-state index contributed by atoms with van der Waals surface area (Å²) in [5, 5.41) is 2.70. The molecular weight excluding hydrogens is 232 g/mol. The van der Waals surface area contributed by atoms with Crippen molar-refractivity contribution in [2.75, 3.05) is 37.7 Å². The Morgan fingerprint density at radius 1 is 1.39 bits per heavy atom. The van der Waals surface area contributed by atoms with E-state index in [0.29, 0.717) is 24.5 Å².